The predicted octanol–water partition coefficient (Wildman–Crippen LogP) is 4.74. The molecule has 2 aromatic rings. The van der Waals surface area contributed by atoms with Gasteiger partial charge in [-0.15, -0.1) is 0 Å². The van der Waals surface area contributed by atoms with Crippen LogP contribution in [0.5, 0.6) is 11.5 Å². The normalized spacial score (nSPS) is 15.1. The quantitative estimate of drug-likeness (QED) is 0.403. The van der Waals surface area contributed by atoms with Crippen LogP contribution in [0.3, 0.4) is 0 Å². The van der Waals surface area contributed by atoms with E-state index in [9.17, 15) is 9.59 Å². The van der Waals surface area contributed by atoms with Crippen LogP contribution in [-0.2, 0) is 16.1 Å². The topological polar surface area (TPSA) is 65.1 Å². The molecule has 2 aromatic carbocycles. The number of methoxy groups -OCH3 is 1. The van der Waals surface area contributed by atoms with Crippen LogP contribution >= 0.6 is 11.8 Å². The molecule has 0 spiro atoms. The summed E-state index contributed by atoms with van der Waals surface area (Å²) in [5, 5.41) is -0.254. The fourth-order valence-electron chi connectivity index (χ4n) is 2.95. The molecule has 1 fully saturated rings. The van der Waals surface area contributed by atoms with Crippen LogP contribution in [-0.4, -0.2) is 42.9 Å². The maximum absolute atomic E-state index is 12.6. The van der Waals surface area contributed by atoms with E-state index in [1.807, 2.05) is 55.5 Å². The highest BCUT2D eigenvalue weighted by Crippen LogP contribution is 2.35. The lowest BCUT2D eigenvalue weighted by atomic mass is 10.1. The molecule has 3 rings (SSSR count). The zero-order chi connectivity index (χ0) is 21.3. The van der Waals surface area contributed by atoms with Gasteiger partial charge in [0.2, 0.25) is 0 Å². The number of rotatable bonds is 10. The molecule has 7 heteroatoms. The molecule has 0 radical (unpaired) electrons. The zero-order valence-electron chi connectivity index (χ0n) is 17.1. The first kappa shape index (κ1) is 21.9. The summed E-state index contributed by atoms with van der Waals surface area (Å²) in [5.41, 5.74) is 1.83. The number of imide groups is 1. The number of benzene rings is 2. The maximum atomic E-state index is 12.6. The molecule has 1 aliphatic heterocycles. The van der Waals surface area contributed by atoms with E-state index in [1.165, 1.54) is 4.90 Å². The number of hydrogen-bond acceptors (Lipinski definition) is 6. The zero-order valence-corrected chi connectivity index (χ0v) is 17.9. The number of nitrogens with zero attached hydrogens (tertiary/aromatic N) is 1. The highest BCUT2D eigenvalue weighted by Gasteiger charge is 2.34. The average molecular weight is 428 g/mol. The van der Waals surface area contributed by atoms with Gasteiger partial charge in [0.05, 0.1) is 11.5 Å². The molecule has 30 heavy (non-hydrogen) atoms. The Morgan fingerprint density at radius 1 is 1.03 bits per heavy atom. The monoisotopic (exact) mass is 427 g/mol. The fraction of sp³-hybridized carbons (Fsp3) is 0.304. The van der Waals surface area contributed by atoms with Crippen molar-refractivity contribution in [3.63, 3.8) is 0 Å². The van der Waals surface area contributed by atoms with Gasteiger partial charge in [-0.3, -0.25) is 14.5 Å². The van der Waals surface area contributed by atoms with Gasteiger partial charge < -0.3 is 14.2 Å². The Bertz CT molecular complexity index is 913. The molecule has 0 aliphatic carbocycles. The first-order chi connectivity index (χ1) is 14.6. The van der Waals surface area contributed by atoms with E-state index < -0.39 is 0 Å². The van der Waals surface area contributed by atoms with Crippen molar-refractivity contribution in [2.45, 2.75) is 20.0 Å². The number of ether oxygens (including phenoxy) is 3. The summed E-state index contributed by atoms with van der Waals surface area (Å²) in [6.07, 6.45) is 2.33. The predicted molar refractivity (Wildman–Crippen MR) is 118 cm³/mol. The van der Waals surface area contributed by atoms with E-state index in [1.54, 1.807) is 13.2 Å². The molecule has 158 valence electrons. The van der Waals surface area contributed by atoms with E-state index in [2.05, 4.69) is 0 Å². The molecule has 6 nitrogen and oxygen atoms in total. The lowest BCUT2D eigenvalue weighted by Gasteiger charge is -2.13. The van der Waals surface area contributed by atoms with Crippen molar-refractivity contribution >= 4 is 29.0 Å². The van der Waals surface area contributed by atoms with Crippen LogP contribution in [0.2, 0.25) is 0 Å². The third-order valence-electron chi connectivity index (χ3n) is 4.41. The Balaban J connectivity index is 1.73. The Hall–Kier alpha value is -2.77. The molecule has 0 bridgehead atoms. The number of amides is 2. The van der Waals surface area contributed by atoms with Gasteiger partial charge in [-0.05, 0) is 54.4 Å². The second-order valence-electron chi connectivity index (χ2n) is 6.59. The Morgan fingerprint density at radius 2 is 1.83 bits per heavy atom. The van der Waals surface area contributed by atoms with Gasteiger partial charge in [0.25, 0.3) is 11.1 Å². The minimum atomic E-state index is -0.275. The minimum absolute atomic E-state index is 0.254. The van der Waals surface area contributed by atoms with Crippen LogP contribution in [0.25, 0.3) is 6.08 Å². The highest BCUT2D eigenvalue weighted by molar-refractivity contribution is 8.18. The second-order valence-corrected chi connectivity index (χ2v) is 7.59. The average Bonchev–Trinajstić information content (AvgIpc) is 3.01. The van der Waals surface area contributed by atoms with Gasteiger partial charge in [0.1, 0.15) is 6.61 Å². The molecule has 2 amide bonds. The van der Waals surface area contributed by atoms with Crippen molar-refractivity contribution in [2.75, 3.05) is 26.9 Å². The number of carbonyl (C=O) groups is 2. The van der Waals surface area contributed by atoms with Crippen molar-refractivity contribution in [1.82, 2.24) is 4.90 Å². The van der Waals surface area contributed by atoms with Crippen molar-refractivity contribution in [3.05, 3.63) is 64.6 Å². The van der Waals surface area contributed by atoms with Crippen LogP contribution < -0.4 is 9.47 Å². The van der Waals surface area contributed by atoms with E-state index in [4.69, 9.17) is 14.2 Å². The summed E-state index contributed by atoms with van der Waals surface area (Å²) < 4.78 is 16.6. The summed E-state index contributed by atoms with van der Waals surface area (Å²) in [6, 6.07) is 15.4. The van der Waals surface area contributed by atoms with E-state index in [-0.39, 0.29) is 11.1 Å². The summed E-state index contributed by atoms with van der Waals surface area (Å²) in [7, 11) is 1.59. The fourth-order valence-corrected chi connectivity index (χ4v) is 3.81. The van der Waals surface area contributed by atoms with Crippen molar-refractivity contribution in [2.24, 2.45) is 0 Å². The van der Waals surface area contributed by atoms with Crippen LogP contribution in [0.15, 0.2) is 53.4 Å². The molecule has 0 aromatic heterocycles. The van der Waals surface area contributed by atoms with Crippen molar-refractivity contribution < 1.29 is 23.8 Å². The smallest absolute Gasteiger partial charge is 0.293 e. The first-order valence-electron chi connectivity index (χ1n) is 9.80. The van der Waals surface area contributed by atoms with Gasteiger partial charge in [0, 0.05) is 20.3 Å². The van der Waals surface area contributed by atoms with Crippen molar-refractivity contribution in [1.29, 1.82) is 0 Å². The molecule has 0 N–H and O–H groups in total. The Kier molecular flexibility index (Phi) is 7.93. The number of hydrogen-bond donors (Lipinski definition) is 0. The van der Waals surface area contributed by atoms with Crippen LogP contribution in [0, 0.1) is 0 Å². The molecule has 0 unspecified atom stereocenters. The second kappa shape index (κ2) is 10.8. The molecule has 0 atom stereocenters. The largest absolute Gasteiger partial charge is 0.490 e. The first-order valence-corrected chi connectivity index (χ1v) is 10.6. The van der Waals surface area contributed by atoms with E-state index >= 15 is 0 Å². The van der Waals surface area contributed by atoms with Crippen molar-refractivity contribution in [3.8, 4) is 11.5 Å². The molecule has 1 saturated heterocycles. The summed E-state index contributed by atoms with van der Waals surface area (Å²) in [6.45, 7) is 3.68. The molecular formula is C23H25NO5S. The molecule has 1 heterocycles. The van der Waals surface area contributed by atoms with Gasteiger partial charge in [-0.2, -0.15) is 0 Å². The number of carbonyl (C=O) groups excluding carboxylic acids is 2. The highest BCUT2D eigenvalue weighted by atomic mass is 32.2. The summed E-state index contributed by atoms with van der Waals surface area (Å²) in [4.78, 5) is 26.4. The van der Waals surface area contributed by atoms with Crippen LogP contribution in [0.1, 0.15) is 24.5 Å². The van der Waals surface area contributed by atoms with Gasteiger partial charge in [0.15, 0.2) is 11.5 Å². The SMILES string of the molecule is CCOc1cc(/C=C2/SC(=O)N(CCCOC)C2=O)ccc1OCc1ccccc1. The maximum Gasteiger partial charge on any atom is 0.293 e. The lowest BCUT2D eigenvalue weighted by Crippen LogP contribution is -2.29. The van der Waals surface area contributed by atoms with E-state index in [0.29, 0.717) is 49.2 Å². The van der Waals surface area contributed by atoms with Gasteiger partial charge in [-0.25, -0.2) is 0 Å². The molecule has 1 aliphatic rings. The third kappa shape index (κ3) is 5.64. The lowest BCUT2D eigenvalue weighted by molar-refractivity contribution is -0.122. The molecular weight excluding hydrogens is 402 g/mol. The van der Waals surface area contributed by atoms with Gasteiger partial charge >= 0.3 is 0 Å². The summed E-state index contributed by atoms with van der Waals surface area (Å²) >= 11 is 0.951. The Morgan fingerprint density at radius 3 is 2.57 bits per heavy atom. The summed E-state index contributed by atoms with van der Waals surface area (Å²) in [5.74, 6) is 0.954. The van der Waals surface area contributed by atoms with E-state index in [0.717, 1.165) is 22.9 Å². The number of thioether (sulfide) groups is 1. The minimum Gasteiger partial charge on any atom is -0.490 e. The van der Waals surface area contributed by atoms with Gasteiger partial charge in [-0.1, -0.05) is 36.4 Å². The van der Waals surface area contributed by atoms with Crippen LogP contribution in [0.4, 0.5) is 4.79 Å². The third-order valence-corrected chi connectivity index (χ3v) is 5.31. The Labute approximate surface area is 180 Å². The molecule has 0 saturated carbocycles. The standard InChI is InChI=1S/C23H25NO5S/c1-3-28-20-14-18(10-11-19(20)29-16-17-8-5-4-6-9-17)15-21-22(25)24(23(26)30-21)12-7-13-27-2/h4-6,8-11,14-15H,3,7,12-13,16H2,1-2H3/b21-15+.